The molecule has 4 heteroatoms. The topological polar surface area (TPSA) is 53.3 Å². The summed E-state index contributed by atoms with van der Waals surface area (Å²) in [5, 5.41) is 8.46. The number of carbonyl (C=O) groups excluding carboxylic acids is 1. The Morgan fingerprint density at radius 1 is 1.62 bits per heavy atom. The highest BCUT2D eigenvalue weighted by molar-refractivity contribution is 5.72. The summed E-state index contributed by atoms with van der Waals surface area (Å²) in [5.41, 5.74) is 0. The highest BCUT2D eigenvalue weighted by Crippen LogP contribution is 2.17. The quantitative estimate of drug-likeness (QED) is 0.458. The summed E-state index contributed by atoms with van der Waals surface area (Å²) >= 11 is 0. The van der Waals surface area contributed by atoms with Gasteiger partial charge in [-0.15, -0.1) is 0 Å². The molecular weight excluding hydrogens is 168 g/mol. The lowest BCUT2D eigenvalue weighted by molar-refractivity contribution is -0.147. The fourth-order valence-electron chi connectivity index (χ4n) is 1.59. The Hall–Kier alpha value is -1.08. The Morgan fingerprint density at radius 3 is 2.69 bits per heavy atom. The van der Waals surface area contributed by atoms with E-state index in [0.29, 0.717) is 6.54 Å². The summed E-state index contributed by atoms with van der Waals surface area (Å²) in [5.74, 6) is -0.0726. The maximum atomic E-state index is 11.1. The van der Waals surface area contributed by atoms with Gasteiger partial charge < -0.3 is 4.74 Å². The second-order valence-electron chi connectivity index (χ2n) is 3.23. The highest BCUT2D eigenvalue weighted by Gasteiger charge is 2.24. The zero-order valence-electron chi connectivity index (χ0n) is 7.82. The predicted octanol–water partition coefficient (Wildman–Crippen LogP) is 0.395. The Balaban J connectivity index is 2.31. The monoisotopic (exact) mass is 182 g/mol. The van der Waals surface area contributed by atoms with Gasteiger partial charge in [0.1, 0.15) is 0 Å². The van der Waals surface area contributed by atoms with Gasteiger partial charge in [0.15, 0.2) is 0 Å². The first-order chi connectivity index (χ1) is 6.27. The van der Waals surface area contributed by atoms with Gasteiger partial charge in [0.2, 0.25) is 0 Å². The number of hydrogen-bond donors (Lipinski definition) is 0. The Labute approximate surface area is 78.1 Å². The first-order valence-electron chi connectivity index (χ1n) is 4.45. The maximum Gasteiger partial charge on any atom is 0.308 e. The van der Waals surface area contributed by atoms with Gasteiger partial charge in [0.25, 0.3) is 0 Å². The van der Waals surface area contributed by atoms with Crippen LogP contribution in [0.3, 0.4) is 0 Å². The smallest absolute Gasteiger partial charge is 0.308 e. The molecular formula is C9H14N2O2. The van der Waals surface area contributed by atoms with Crippen LogP contribution in [0.1, 0.15) is 12.8 Å². The Bertz CT molecular complexity index is 214. The average molecular weight is 182 g/mol. The van der Waals surface area contributed by atoms with Gasteiger partial charge in [-0.1, -0.05) is 0 Å². The van der Waals surface area contributed by atoms with Crippen LogP contribution in [0, 0.1) is 17.2 Å². The Kier molecular flexibility index (Phi) is 3.71. The number of nitriles is 1. The summed E-state index contributed by atoms with van der Waals surface area (Å²) in [6.07, 6.45) is 1.63. The second kappa shape index (κ2) is 4.83. The van der Waals surface area contributed by atoms with Gasteiger partial charge in [-0.3, -0.25) is 9.69 Å². The molecule has 1 fully saturated rings. The van der Waals surface area contributed by atoms with Crippen LogP contribution in [0.25, 0.3) is 0 Å². The van der Waals surface area contributed by atoms with Gasteiger partial charge in [0, 0.05) is 0 Å². The predicted molar refractivity (Wildman–Crippen MR) is 46.8 cm³/mol. The molecule has 13 heavy (non-hydrogen) atoms. The van der Waals surface area contributed by atoms with Crippen molar-refractivity contribution in [1.82, 2.24) is 4.90 Å². The minimum atomic E-state index is -0.114. The molecule has 0 aliphatic carbocycles. The zero-order chi connectivity index (χ0) is 9.68. The molecule has 0 saturated carbocycles. The van der Waals surface area contributed by atoms with Gasteiger partial charge in [-0.2, -0.15) is 5.26 Å². The number of likely N-dealkylation sites (tertiary alicyclic amines) is 1. The van der Waals surface area contributed by atoms with Crippen LogP contribution in [0.15, 0.2) is 0 Å². The summed E-state index contributed by atoms with van der Waals surface area (Å²) in [4.78, 5) is 13.2. The molecule has 1 rings (SSSR count). The molecule has 1 saturated heterocycles. The van der Waals surface area contributed by atoms with Crippen molar-refractivity contribution in [1.29, 1.82) is 5.26 Å². The third-order valence-electron chi connectivity index (χ3n) is 2.42. The van der Waals surface area contributed by atoms with Crippen molar-refractivity contribution in [3.05, 3.63) is 0 Å². The van der Waals surface area contributed by atoms with Crippen molar-refractivity contribution in [2.75, 3.05) is 26.7 Å². The number of piperidine rings is 1. The zero-order valence-corrected chi connectivity index (χ0v) is 7.82. The molecule has 0 radical (unpaired) electrons. The van der Waals surface area contributed by atoms with Gasteiger partial charge in [0.05, 0.1) is 25.6 Å². The van der Waals surface area contributed by atoms with Crippen LogP contribution in [0.2, 0.25) is 0 Å². The van der Waals surface area contributed by atoms with E-state index in [1.54, 1.807) is 0 Å². The van der Waals surface area contributed by atoms with E-state index in [2.05, 4.69) is 15.7 Å². The van der Waals surface area contributed by atoms with E-state index in [-0.39, 0.29) is 11.9 Å². The summed E-state index contributed by atoms with van der Waals surface area (Å²) in [7, 11) is 1.42. The van der Waals surface area contributed by atoms with Crippen molar-refractivity contribution in [3.63, 3.8) is 0 Å². The van der Waals surface area contributed by atoms with E-state index >= 15 is 0 Å². The lowest BCUT2D eigenvalue weighted by Crippen LogP contribution is -2.36. The molecule has 0 aromatic heterocycles. The van der Waals surface area contributed by atoms with Crippen molar-refractivity contribution >= 4 is 5.97 Å². The standard InChI is InChI=1S/C9H14N2O2/c1-13-9(12)8-2-5-11(6-3-8)7-4-10/h8H,2-3,5-7H2,1H3. The number of ether oxygens (including phenoxy) is 1. The van der Waals surface area contributed by atoms with E-state index in [0.717, 1.165) is 25.9 Å². The van der Waals surface area contributed by atoms with Crippen LogP contribution < -0.4 is 0 Å². The molecule has 0 aromatic rings. The van der Waals surface area contributed by atoms with Crippen molar-refractivity contribution in [2.45, 2.75) is 12.8 Å². The highest BCUT2D eigenvalue weighted by atomic mass is 16.5. The molecule has 4 nitrogen and oxygen atoms in total. The van der Waals surface area contributed by atoms with Crippen LogP contribution in [0.4, 0.5) is 0 Å². The largest absolute Gasteiger partial charge is 0.469 e. The van der Waals surface area contributed by atoms with Crippen LogP contribution >= 0.6 is 0 Å². The van der Waals surface area contributed by atoms with E-state index in [1.165, 1.54) is 7.11 Å². The third-order valence-corrected chi connectivity index (χ3v) is 2.42. The van der Waals surface area contributed by atoms with Crippen molar-refractivity contribution in [3.8, 4) is 6.07 Å². The molecule has 0 aromatic carbocycles. The van der Waals surface area contributed by atoms with E-state index in [9.17, 15) is 4.79 Å². The van der Waals surface area contributed by atoms with Crippen molar-refractivity contribution in [2.24, 2.45) is 5.92 Å². The molecule has 1 heterocycles. The van der Waals surface area contributed by atoms with Gasteiger partial charge in [-0.25, -0.2) is 0 Å². The minimum absolute atomic E-state index is 0.0416. The number of hydrogen-bond acceptors (Lipinski definition) is 4. The van der Waals surface area contributed by atoms with E-state index in [1.807, 2.05) is 0 Å². The fourth-order valence-corrected chi connectivity index (χ4v) is 1.59. The number of esters is 1. The van der Waals surface area contributed by atoms with Crippen LogP contribution in [0.5, 0.6) is 0 Å². The number of nitrogens with zero attached hydrogens (tertiary/aromatic N) is 2. The first-order valence-corrected chi connectivity index (χ1v) is 4.45. The van der Waals surface area contributed by atoms with Crippen LogP contribution in [-0.2, 0) is 9.53 Å². The summed E-state index contributed by atoms with van der Waals surface area (Å²) in [6, 6.07) is 2.11. The lowest BCUT2D eigenvalue weighted by atomic mass is 9.97. The molecule has 0 unspecified atom stereocenters. The SMILES string of the molecule is COC(=O)C1CCN(CC#N)CC1. The van der Waals surface area contributed by atoms with Crippen LogP contribution in [-0.4, -0.2) is 37.6 Å². The number of methoxy groups -OCH3 is 1. The number of carbonyl (C=O) groups is 1. The molecule has 72 valence electrons. The lowest BCUT2D eigenvalue weighted by Gasteiger charge is -2.28. The molecule has 0 atom stereocenters. The average Bonchev–Trinajstić information content (AvgIpc) is 2.18. The second-order valence-corrected chi connectivity index (χ2v) is 3.23. The van der Waals surface area contributed by atoms with Gasteiger partial charge >= 0.3 is 5.97 Å². The third kappa shape index (κ3) is 2.71. The van der Waals surface area contributed by atoms with E-state index < -0.39 is 0 Å². The molecule has 0 amide bonds. The number of rotatable bonds is 2. The molecule has 0 spiro atoms. The fraction of sp³-hybridized carbons (Fsp3) is 0.778. The van der Waals surface area contributed by atoms with Crippen molar-refractivity contribution < 1.29 is 9.53 Å². The Morgan fingerprint density at radius 2 is 2.23 bits per heavy atom. The molecule has 1 aliphatic heterocycles. The summed E-state index contributed by atoms with van der Waals surface area (Å²) in [6.45, 7) is 2.12. The van der Waals surface area contributed by atoms with Gasteiger partial charge in [-0.05, 0) is 25.9 Å². The first kappa shape index (κ1) is 10.0. The molecule has 0 bridgehead atoms. The minimum Gasteiger partial charge on any atom is -0.469 e. The molecule has 1 aliphatic rings. The molecule has 0 N–H and O–H groups in total. The maximum absolute atomic E-state index is 11.1. The summed E-state index contributed by atoms with van der Waals surface area (Å²) < 4.78 is 4.66. The normalized spacial score (nSPS) is 19.4. The van der Waals surface area contributed by atoms with E-state index in [4.69, 9.17) is 5.26 Å².